The second-order valence-corrected chi connectivity index (χ2v) is 24.2. The van der Waals surface area contributed by atoms with Crippen LogP contribution < -0.4 is 51.4 Å². The second kappa shape index (κ2) is 28.8. The van der Waals surface area contributed by atoms with Crippen molar-refractivity contribution in [3.8, 4) is 0 Å². The van der Waals surface area contributed by atoms with Gasteiger partial charge in [-0.2, -0.15) is 84.2 Å². The van der Waals surface area contributed by atoms with Crippen molar-refractivity contribution in [1.82, 2.24) is 0 Å². The minimum Gasteiger partial charge on any atom is -0.376 e. The van der Waals surface area contributed by atoms with Gasteiger partial charge in [0.25, 0.3) is 0 Å². The van der Waals surface area contributed by atoms with E-state index >= 15 is 0 Å². The molecule has 2 heterocycles. The molecule has 46 nitrogen and oxygen atoms in total. The smallest absolute Gasteiger partial charge is 0.376 e. The Bertz CT molecular complexity index is 3130. The van der Waals surface area contributed by atoms with E-state index in [1.165, 1.54) is 0 Å². The molecule has 0 aromatic rings. The van der Waals surface area contributed by atoms with Crippen LogP contribution in [0.1, 0.15) is 0 Å². The molecule has 2 fully saturated rings. The molecular weight excluding hydrogens is 1340 g/mol. The first-order chi connectivity index (χ1) is 33.8. The van der Waals surface area contributed by atoms with Gasteiger partial charge in [-0.25, -0.2) is 41.8 Å². The number of hydrogen-bond acceptors (Lipinski definition) is 36. The molecule has 0 spiro atoms. The Balaban J connectivity index is 0.0000296. The summed E-state index contributed by atoms with van der Waals surface area (Å²) in [6.45, 7) is -7.61. The minimum absolute atomic E-state index is 0. The molecule has 77 heavy (non-hydrogen) atoms. The molecule has 0 aromatic carbocycles. The van der Waals surface area contributed by atoms with Crippen LogP contribution in [-0.4, -0.2) is 256 Å². The predicted molar refractivity (Wildman–Crippen MR) is 217 cm³/mol. The molecule has 2 aliphatic heterocycles. The van der Waals surface area contributed by atoms with Gasteiger partial charge in [-0.1, -0.05) is 0 Å². The van der Waals surface area contributed by atoms with Crippen molar-refractivity contribution in [2.24, 2.45) is 0 Å². The van der Waals surface area contributed by atoms with Crippen LogP contribution >= 0.6 is 0 Å². The summed E-state index contributed by atoms with van der Waals surface area (Å²) in [5, 5.41) is 0. The molecule has 2 rings (SSSR count). The maximum atomic E-state index is 12.2. The first-order valence-corrected chi connectivity index (χ1v) is 31.5. The quantitative estimate of drug-likeness (QED) is 0.0215. The SMILES string of the molecule is CO[C@@H]([C@H](OC)[C@@H](COS(=O)(=O)O)OS(=O)(=O)O)[C@@H](CO[C@@H]1O[C@H](CO[C@@H]2O[C@H](COS(=O)(=O)O)[C@@H](OS(=O)(=O)O)[C@H](OS(=O)(=O)O)[C@H]2OS(=O)(=O)O)[C@@H](OS(=O)(=O)O)[C@H](OS(=O)(=O)O)[C@H]1OS(=O)(=O)O)OS(=O)(=O)O.[K+]. The van der Waals surface area contributed by atoms with Crippen molar-refractivity contribution in [2.45, 2.75) is 85.8 Å². The zero-order valence-corrected chi connectivity index (χ0v) is 48.5. The van der Waals surface area contributed by atoms with E-state index in [1.54, 1.807) is 0 Å². The van der Waals surface area contributed by atoms with E-state index in [2.05, 4.69) is 41.8 Å². The summed E-state index contributed by atoms with van der Waals surface area (Å²) in [7, 11) is -59.4. The third kappa shape index (κ3) is 30.0. The van der Waals surface area contributed by atoms with Crippen LogP contribution in [0.25, 0.3) is 0 Å². The van der Waals surface area contributed by atoms with Crippen LogP contribution in [0.15, 0.2) is 0 Å². The fourth-order valence-electron chi connectivity index (χ4n) is 6.14. The van der Waals surface area contributed by atoms with Gasteiger partial charge < -0.3 is 28.4 Å². The summed E-state index contributed by atoms with van der Waals surface area (Å²) in [5.74, 6) is 0. The van der Waals surface area contributed by atoms with Gasteiger partial charge in [0.2, 0.25) is 0 Å². The second-order valence-electron chi connectivity index (χ2n) is 13.6. The van der Waals surface area contributed by atoms with Crippen LogP contribution in [0.4, 0.5) is 0 Å². The van der Waals surface area contributed by atoms with Gasteiger partial charge in [-0.15, -0.1) is 0 Å². The van der Waals surface area contributed by atoms with Crippen molar-refractivity contribution in [3.05, 3.63) is 0 Å². The summed E-state index contributed by atoms with van der Waals surface area (Å²) < 4.78 is 404. The Morgan fingerprint density at radius 2 is 0.636 bits per heavy atom. The van der Waals surface area contributed by atoms with Crippen LogP contribution in [0, 0.1) is 0 Å². The first kappa shape index (κ1) is 75.1. The molecule has 10 N–H and O–H groups in total. The van der Waals surface area contributed by atoms with E-state index in [0.29, 0.717) is 14.2 Å². The molecule has 0 aliphatic carbocycles. The molecular formula is C20H38KO46S10+. The van der Waals surface area contributed by atoms with E-state index in [1.807, 2.05) is 0 Å². The summed E-state index contributed by atoms with van der Waals surface area (Å²) in [6.07, 6.45) is -42.8. The van der Waals surface area contributed by atoms with Gasteiger partial charge in [0, 0.05) is 14.2 Å². The van der Waals surface area contributed by atoms with Gasteiger partial charge in [0.05, 0.1) is 26.4 Å². The van der Waals surface area contributed by atoms with Crippen molar-refractivity contribution < 1.29 is 251 Å². The number of hydrogen-bond donors (Lipinski definition) is 10. The molecule has 454 valence electrons. The fourth-order valence-corrected chi connectivity index (χ4v) is 10.7. The fraction of sp³-hybridized carbons (Fsp3) is 1.00. The van der Waals surface area contributed by atoms with Crippen LogP contribution in [0.3, 0.4) is 0 Å². The minimum atomic E-state index is -6.31. The van der Waals surface area contributed by atoms with Crippen molar-refractivity contribution in [1.29, 1.82) is 0 Å². The van der Waals surface area contributed by atoms with E-state index < -0.39 is 216 Å². The van der Waals surface area contributed by atoms with E-state index in [4.69, 9.17) is 37.5 Å². The van der Waals surface area contributed by atoms with Crippen molar-refractivity contribution in [2.75, 3.05) is 40.6 Å². The predicted octanol–water partition coefficient (Wildman–Crippen LogP) is -11.4. The maximum Gasteiger partial charge on any atom is 1.00 e. The summed E-state index contributed by atoms with van der Waals surface area (Å²) in [6, 6.07) is 0. The van der Waals surface area contributed by atoms with E-state index in [9.17, 15) is 121 Å². The van der Waals surface area contributed by atoms with Gasteiger partial charge in [-0.05, 0) is 0 Å². The molecule has 2 aliphatic rings. The van der Waals surface area contributed by atoms with Gasteiger partial charge in [-0.3, -0.25) is 45.5 Å². The van der Waals surface area contributed by atoms with Crippen molar-refractivity contribution in [3.63, 3.8) is 0 Å². The standard InChI is InChI=1S/C20H38O46S10.K/c1-51-11(12(52-2)10(60-70(30,31)32)6-56-68(24,25)26)9(59-69(27,28)29)4-54-20-17(65-75(45,46)47)15(63-73(39,40)41)13(61-71(33,34)35)7(57-20)3-53-19-18(66-76(48,49)50)16(64-74(42,43)44)14(62-72(36,37)38)8(58-19)5-55-67(21,22)23;/h7-20H,3-6H2,1-2H3,(H,21,22,23)(H,24,25,26)(H,27,28,29)(H,30,31,32)(H,33,34,35)(H,36,37,38)(H,39,40,41)(H,42,43,44)(H,45,46,47)(H,48,49,50);/q;+1/t7-,8-,9-,10-,11-,12-,13-,14-,15+,16+,17-,18-,19-,20-;/m1./s1. The van der Waals surface area contributed by atoms with Gasteiger partial charge >= 0.3 is 155 Å². The monoisotopic (exact) mass is 1370 g/mol. The molecule has 57 heteroatoms. The average Bonchev–Trinajstić information content (AvgIpc) is 3.15. The Morgan fingerprint density at radius 1 is 0.351 bits per heavy atom. The zero-order chi connectivity index (χ0) is 59.2. The van der Waals surface area contributed by atoms with Crippen molar-refractivity contribution >= 4 is 104 Å². The normalized spacial score (nSPS) is 27.5. The molecule has 0 aromatic heterocycles. The summed E-state index contributed by atoms with van der Waals surface area (Å²) in [4.78, 5) is 0. The molecule has 0 amide bonds. The zero-order valence-electron chi connectivity index (χ0n) is 37.2. The molecule has 0 radical (unpaired) electrons. The van der Waals surface area contributed by atoms with Crippen LogP contribution in [0.5, 0.6) is 0 Å². The van der Waals surface area contributed by atoms with Crippen LogP contribution in [0.2, 0.25) is 0 Å². The topological polar surface area (TPSA) is 691 Å². The summed E-state index contributed by atoms with van der Waals surface area (Å²) >= 11 is 0. The Hall–Kier alpha value is 0.0964. The molecule has 0 saturated carbocycles. The Kier molecular flexibility index (Phi) is 28.1. The van der Waals surface area contributed by atoms with E-state index in [-0.39, 0.29) is 51.4 Å². The van der Waals surface area contributed by atoms with Gasteiger partial charge in [0.15, 0.2) is 24.8 Å². The van der Waals surface area contributed by atoms with Crippen LogP contribution in [-0.2, 0) is 174 Å². The molecule has 0 unspecified atom stereocenters. The number of methoxy groups -OCH3 is 2. The Labute approximate surface area is 477 Å². The van der Waals surface area contributed by atoms with Gasteiger partial charge in [0.1, 0.15) is 61.0 Å². The summed E-state index contributed by atoms with van der Waals surface area (Å²) in [5.41, 5.74) is 0. The third-order valence-corrected chi connectivity index (χ3v) is 12.9. The molecule has 2 saturated heterocycles. The Morgan fingerprint density at radius 3 is 0.935 bits per heavy atom. The van der Waals surface area contributed by atoms with E-state index in [0.717, 1.165) is 0 Å². The molecule has 14 atom stereocenters. The third-order valence-electron chi connectivity index (χ3n) is 8.28. The molecule has 0 bridgehead atoms. The largest absolute Gasteiger partial charge is 1.00 e. The first-order valence-electron chi connectivity index (χ1n) is 17.9. The number of rotatable bonds is 33. The number of ether oxygens (including phenoxy) is 6. The average molecular weight is 1370 g/mol. The maximum absolute atomic E-state index is 12.2.